The molecule has 0 saturated carbocycles. The first-order valence-corrected chi connectivity index (χ1v) is 8.96. The van der Waals surface area contributed by atoms with Crippen molar-refractivity contribution in [3.8, 4) is 11.5 Å². The van der Waals surface area contributed by atoms with Gasteiger partial charge in [-0.05, 0) is 43.2 Å². The fourth-order valence-corrected chi connectivity index (χ4v) is 3.27. The molecule has 1 heterocycles. The van der Waals surface area contributed by atoms with Crippen LogP contribution in [0.1, 0.15) is 21.5 Å². The average Bonchev–Trinajstić information content (AvgIpc) is 2.67. The molecule has 27 heavy (non-hydrogen) atoms. The van der Waals surface area contributed by atoms with E-state index in [1.165, 1.54) is 0 Å². The second kappa shape index (κ2) is 8.12. The van der Waals surface area contributed by atoms with E-state index in [1.54, 1.807) is 29.0 Å². The normalized spacial score (nSPS) is 14.0. The van der Waals surface area contributed by atoms with Crippen molar-refractivity contribution < 1.29 is 19.1 Å². The van der Waals surface area contributed by atoms with E-state index in [9.17, 15) is 9.59 Å². The van der Waals surface area contributed by atoms with Gasteiger partial charge in [-0.25, -0.2) is 4.79 Å². The van der Waals surface area contributed by atoms with Gasteiger partial charge in [0.05, 0.1) is 12.7 Å². The number of benzene rings is 2. The molecule has 1 aliphatic rings. The Hall–Kier alpha value is -3.02. The maximum Gasteiger partial charge on any atom is 0.415 e. The monoisotopic (exact) mass is 368 g/mol. The highest BCUT2D eigenvalue weighted by Crippen LogP contribution is 2.26. The molecule has 3 rings (SSSR count). The fourth-order valence-electron chi connectivity index (χ4n) is 3.27. The Balaban J connectivity index is 1.64. The van der Waals surface area contributed by atoms with Gasteiger partial charge < -0.3 is 19.3 Å². The molecule has 0 spiro atoms. The van der Waals surface area contributed by atoms with Crippen molar-refractivity contribution in [1.29, 1.82) is 0 Å². The van der Waals surface area contributed by atoms with Gasteiger partial charge in [-0.15, -0.1) is 0 Å². The van der Waals surface area contributed by atoms with Crippen molar-refractivity contribution in [3.05, 3.63) is 59.2 Å². The molecule has 0 atom stereocenters. The van der Waals surface area contributed by atoms with Crippen LogP contribution in [-0.2, 0) is 0 Å². The Bertz CT molecular complexity index is 828. The van der Waals surface area contributed by atoms with E-state index < -0.39 is 6.09 Å². The maximum absolute atomic E-state index is 13.0. The molecule has 0 bridgehead atoms. The van der Waals surface area contributed by atoms with Gasteiger partial charge >= 0.3 is 6.09 Å². The number of nitrogens with zero attached hydrogens (tertiary/aromatic N) is 2. The van der Waals surface area contributed by atoms with Crippen LogP contribution < -0.4 is 9.47 Å². The number of carbonyl (C=O) groups is 2. The Morgan fingerprint density at radius 2 is 1.56 bits per heavy atom. The molecule has 2 aromatic carbocycles. The van der Waals surface area contributed by atoms with Crippen LogP contribution in [0, 0.1) is 13.8 Å². The molecule has 1 fully saturated rings. The van der Waals surface area contributed by atoms with Gasteiger partial charge in [0.25, 0.3) is 5.91 Å². The van der Waals surface area contributed by atoms with E-state index in [2.05, 4.69) is 0 Å². The van der Waals surface area contributed by atoms with E-state index in [4.69, 9.17) is 9.47 Å². The van der Waals surface area contributed by atoms with Gasteiger partial charge in [0, 0.05) is 26.2 Å². The summed E-state index contributed by atoms with van der Waals surface area (Å²) in [4.78, 5) is 28.7. The van der Waals surface area contributed by atoms with Gasteiger partial charge in [0.2, 0.25) is 0 Å². The van der Waals surface area contributed by atoms with Crippen molar-refractivity contribution >= 4 is 12.0 Å². The van der Waals surface area contributed by atoms with E-state index in [1.807, 2.05) is 44.2 Å². The predicted molar refractivity (Wildman–Crippen MR) is 102 cm³/mol. The molecule has 142 valence electrons. The third-order valence-electron chi connectivity index (χ3n) is 4.65. The number of methoxy groups -OCH3 is 1. The third-order valence-corrected chi connectivity index (χ3v) is 4.65. The Kier molecular flexibility index (Phi) is 5.64. The highest BCUT2D eigenvalue weighted by Gasteiger charge is 2.28. The Morgan fingerprint density at radius 3 is 2.19 bits per heavy atom. The SMILES string of the molecule is COc1cc(C)cc(C)c1C(=O)N1CCN(C(=O)Oc2ccccc2)CC1. The highest BCUT2D eigenvalue weighted by molar-refractivity contribution is 5.98. The second-order valence-electron chi connectivity index (χ2n) is 6.62. The topological polar surface area (TPSA) is 59.1 Å². The summed E-state index contributed by atoms with van der Waals surface area (Å²) in [5.74, 6) is 1.03. The molecule has 1 aliphatic heterocycles. The number of piperazine rings is 1. The Labute approximate surface area is 159 Å². The van der Waals surface area contributed by atoms with Crippen LogP contribution in [0.25, 0.3) is 0 Å². The molecular weight excluding hydrogens is 344 g/mol. The lowest BCUT2D eigenvalue weighted by atomic mass is 10.0. The molecule has 6 nitrogen and oxygen atoms in total. The van der Waals surface area contributed by atoms with Crippen molar-refractivity contribution in [2.75, 3.05) is 33.3 Å². The number of hydrogen-bond donors (Lipinski definition) is 0. The first-order chi connectivity index (χ1) is 13.0. The highest BCUT2D eigenvalue weighted by atomic mass is 16.6. The number of amides is 2. The third kappa shape index (κ3) is 4.22. The number of para-hydroxylation sites is 1. The van der Waals surface area contributed by atoms with Gasteiger partial charge in [0.1, 0.15) is 11.5 Å². The van der Waals surface area contributed by atoms with Crippen LogP contribution in [-0.4, -0.2) is 55.1 Å². The lowest BCUT2D eigenvalue weighted by molar-refractivity contribution is 0.0629. The lowest BCUT2D eigenvalue weighted by Gasteiger charge is -2.34. The van der Waals surface area contributed by atoms with Gasteiger partial charge in [-0.1, -0.05) is 24.3 Å². The summed E-state index contributed by atoms with van der Waals surface area (Å²) in [7, 11) is 1.57. The van der Waals surface area contributed by atoms with Gasteiger partial charge in [0.15, 0.2) is 0 Å². The van der Waals surface area contributed by atoms with Crippen LogP contribution in [0.15, 0.2) is 42.5 Å². The summed E-state index contributed by atoms with van der Waals surface area (Å²) in [6, 6.07) is 12.8. The molecule has 0 radical (unpaired) electrons. The molecular formula is C21H24N2O4. The van der Waals surface area contributed by atoms with E-state index >= 15 is 0 Å². The molecule has 0 aromatic heterocycles. The van der Waals surface area contributed by atoms with Crippen LogP contribution in [0.2, 0.25) is 0 Å². The number of carbonyl (C=O) groups excluding carboxylic acids is 2. The van der Waals surface area contributed by atoms with E-state index in [0.29, 0.717) is 43.2 Å². The minimum atomic E-state index is -0.391. The summed E-state index contributed by atoms with van der Waals surface area (Å²) in [5, 5.41) is 0. The summed E-state index contributed by atoms with van der Waals surface area (Å²) in [6.45, 7) is 5.67. The smallest absolute Gasteiger partial charge is 0.415 e. The van der Waals surface area contributed by atoms with Crippen LogP contribution >= 0.6 is 0 Å². The number of rotatable bonds is 3. The summed E-state index contributed by atoms with van der Waals surface area (Å²) < 4.78 is 10.8. The zero-order valence-electron chi connectivity index (χ0n) is 15.9. The molecule has 0 N–H and O–H groups in total. The number of aryl methyl sites for hydroxylation is 2. The fraction of sp³-hybridized carbons (Fsp3) is 0.333. The Morgan fingerprint density at radius 1 is 0.926 bits per heavy atom. The minimum absolute atomic E-state index is 0.0690. The first-order valence-electron chi connectivity index (χ1n) is 8.96. The second-order valence-corrected chi connectivity index (χ2v) is 6.62. The molecule has 6 heteroatoms. The number of hydrogen-bond acceptors (Lipinski definition) is 4. The average molecular weight is 368 g/mol. The maximum atomic E-state index is 13.0. The van der Waals surface area contributed by atoms with Crippen molar-refractivity contribution in [3.63, 3.8) is 0 Å². The molecule has 0 aliphatic carbocycles. The molecule has 2 aromatic rings. The lowest BCUT2D eigenvalue weighted by Crippen LogP contribution is -2.51. The van der Waals surface area contributed by atoms with Crippen LogP contribution in [0.5, 0.6) is 11.5 Å². The van der Waals surface area contributed by atoms with Crippen molar-refractivity contribution in [2.24, 2.45) is 0 Å². The summed E-state index contributed by atoms with van der Waals surface area (Å²) >= 11 is 0. The quantitative estimate of drug-likeness (QED) is 0.834. The molecule has 2 amide bonds. The first kappa shape index (κ1) is 18.8. The van der Waals surface area contributed by atoms with Gasteiger partial charge in [-0.2, -0.15) is 0 Å². The van der Waals surface area contributed by atoms with Crippen LogP contribution in [0.3, 0.4) is 0 Å². The largest absolute Gasteiger partial charge is 0.496 e. The van der Waals surface area contributed by atoms with Crippen molar-refractivity contribution in [1.82, 2.24) is 9.80 Å². The summed E-state index contributed by atoms with van der Waals surface area (Å²) in [6.07, 6.45) is -0.391. The molecule has 1 saturated heterocycles. The number of ether oxygens (including phenoxy) is 2. The van der Waals surface area contributed by atoms with Crippen LogP contribution in [0.4, 0.5) is 4.79 Å². The summed E-state index contributed by atoms with van der Waals surface area (Å²) in [5.41, 5.74) is 2.53. The van der Waals surface area contributed by atoms with Gasteiger partial charge in [-0.3, -0.25) is 4.79 Å². The minimum Gasteiger partial charge on any atom is -0.496 e. The molecule has 0 unspecified atom stereocenters. The predicted octanol–water partition coefficient (Wildman–Crippen LogP) is 3.27. The zero-order chi connectivity index (χ0) is 19.4. The van der Waals surface area contributed by atoms with Crippen molar-refractivity contribution in [2.45, 2.75) is 13.8 Å². The standard InChI is InChI=1S/C21H24N2O4/c1-15-13-16(2)19(18(14-15)26-3)20(24)22-9-11-23(12-10-22)21(25)27-17-7-5-4-6-8-17/h4-8,13-14H,9-12H2,1-3H3. The van der Waals surface area contributed by atoms with E-state index in [-0.39, 0.29) is 5.91 Å². The zero-order valence-corrected chi connectivity index (χ0v) is 15.9. The van der Waals surface area contributed by atoms with E-state index in [0.717, 1.165) is 11.1 Å².